The van der Waals surface area contributed by atoms with Crippen LogP contribution in [0.4, 0.5) is 5.69 Å². The Labute approximate surface area is 130 Å². The van der Waals surface area contributed by atoms with Crippen LogP contribution in [0.3, 0.4) is 0 Å². The van der Waals surface area contributed by atoms with Crippen molar-refractivity contribution in [3.05, 3.63) is 27.7 Å². The van der Waals surface area contributed by atoms with Crippen LogP contribution in [0.5, 0.6) is 0 Å². The molecule has 2 amide bonds. The zero-order chi connectivity index (χ0) is 15.7. The van der Waals surface area contributed by atoms with Gasteiger partial charge in [0.15, 0.2) is 0 Å². The van der Waals surface area contributed by atoms with Crippen molar-refractivity contribution in [1.82, 2.24) is 5.32 Å². The monoisotopic (exact) mass is 318 g/mol. The van der Waals surface area contributed by atoms with Crippen LogP contribution in [-0.4, -0.2) is 25.9 Å². The minimum absolute atomic E-state index is 0.190. The van der Waals surface area contributed by atoms with Crippen molar-refractivity contribution in [2.45, 2.75) is 27.2 Å². The number of hydrogen-bond donors (Lipinski definition) is 1. The molecule has 0 aliphatic heterocycles. The molecule has 1 N–H and O–H groups in total. The van der Waals surface area contributed by atoms with Gasteiger partial charge in [-0.15, -0.1) is 0 Å². The van der Waals surface area contributed by atoms with Gasteiger partial charge in [-0.25, -0.2) is 0 Å². The Morgan fingerprint density at radius 3 is 2.25 bits per heavy atom. The Kier molecular flexibility index (Phi) is 9.01. The number of hydrogen-bond acceptors (Lipinski definition) is 3. The number of benzene rings is 1. The molecule has 0 fully saturated rings. The van der Waals surface area contributed by atoms with Crippen LogP contribution in [0, 0.1) is 6.92 Å². The van der Waals surface area contributed by atoms with Gasteiger partial charge in [-0.1, -0.05) is 37.0 Å². The van der Waals surface area contributed by atoms with Gasteiger partial charge in [-0.2, -0.15) is 0 Å². The van der Waals surface area contributed by atoms with Crippen molar-refractivity contribution < 1.29 is 9.59 Å². The number of imide groups is 1. The fourth-order valence-electron chi connectivity index (χ4n) is 1.58. The molecule has 1 rings (SSSR count). The second-order valence-corrected chi connectivity index (χ2v) is 4.75. The number of halogens is 2. The molecule has 0 bridgehead atoms. The number of aryl methyl sites for hydroxylation is 1. The van der Waals surface area contributed by atoms with Gasteiger partial charge in [-0.05, 0) is 24.6 Å². The number of carbonyl (C=O) groups excluding carboxylic acids is 2. The van der Waals surface area contributed by atoms with E-state index in [1.165, 1.54) is 0 Å². The topological polar surface area (TPSA) is 49.4 Å². The summed E-state index contributed by atoms with van der Waals surface area (Å²) in [5.74, 6) is -0.337. The third-order valence-electron chi connectivity index (χ3n) is 2.44. The van der Waals surface area contributed by atoms with Crippen LogP contribution in [0.25, 0.3) is 0 Å². The first-order valence-electron chi connectivity index (χ1n) is 6.35. The normalized spacial score (nSPS) is 9.30. The average molecular weight is 319 g/mol. The minimum Gasteiger partial charge on any atom is -0.372 e. The van der Waals surface area contributed by atoms with Gasteiger partial charge in [0, 0.05) is 20.0 Å². The van der Waals surface area contributed by atoms with Crippen LogP contribution in [-0.2, 0) is 9.59 Å². The molecule has 0 atom stereocenters. The van der Waals surface area contributed by atoms with Crippen molar-refractivity contribution >= 4 is 41.2 Å². The summed E-state index contributed by atoms with van der Waals surface area (Å²) in [6.07, 6.45) is 0.559. The zero-order valence-electron chi connectivity index (χ0n) is 12.2. The van der Waals surface area contributed by atoms with E-state index in [2.05, 4.69) is 5.32 Å². The lowest BCUT2D eigenvalue weighted by molar-refractivity contribution is -0.125. The van der Waals surface area contributed by atoms with Crippen molar-refractivity contribution in [2.75, 3.05) is 18.5 Å². The summed E-state index contributed by atoms with van der Waals surface area (Å²) in [7, 11) is 1.79. The zero-order valence-corrected chi connectivity index (χ0v) is 13.7. The van der Waals surface area contributed by atoms with Gasteiger partial charge in [0.05, 0.1) is 15.7 Å². The molecule has 0 aliphatic carbocycles. The summed E-state index contributed by atoms with van der Waals surface area (Å²) in [6.45, 7) is 6.32. The van der Waals surface area contributed by atoms with Crippen LogP contribution in [0.1, 0.15) is 25.8 Å². The van der Waals surface area contributed by atoms with Crippen LogP contribution >= 0.6 is 23.2 Å². The first-order chi connectivity index (χ1) is 9.45. The molecule has 0 saturated heterocycles. The molecule has 0 unspecified atom stereocenters. The number of rotatable bonds is 5. The predicted octanol–water partition coefficient (Wildman–Crippen LogP) is 3.43. The van der Waals surface area contributed by atoms with E-state index in [-0.39, 0.29) is 12.3 Å². The van der Waals surface area contributed by atoms with E-state index < -0.39 is 0 Å². The van der Waals surface area contributed by atoms with E-state index in [0.717, 1.165) is 5.56 Å². The third-order valence-corrected chi connectivity index (χ3v) is 3.01. The minimum atomic E-state index is -0.337. The maximum Gasteiger partial charge on any atom is 0.228 e. The number of anilines is 1. The molecule has 0 aliphatic rings. The highest BCUT2D eigenvalue weighted by atomic mass is 35.5. The van der Waals surface area contributed by atoms with Gasteiger partial charge >= 0.3 is 0 Å². The molecule has 0 spiro atoms. The third kappa shape index (κ3) is 5.80. The number of nitrogens with one attached hydrogen (secondary N) is 1. The second kappa shape index (κ2) is 9.61. The van der Waals surface area contributed by atoms with E-state index in [4.69, 9.17) is 23.2 Å². The van der Waals surface area contributed by atoms with Crippen LogP contribution < -0.4 is 10.2 Å². The van der Waals surface area contributed by atoms with Gasteiger partial charge in [0.25, 0.3) is 0 Å². The maximum absolute atomic E-state index is 11.2. The average Bonchev–Trinajstić information content (AvgIpc) is 2.38. The van der Waals surface area contributed by atoms with Gasteiger partial charge in [0.1, 0.15) is 0 Å². The van der Waals surface area contributed by atoms with E-state index in [1.54, 1.807) is 11.9 Å². The van der Waals surface area contributed by atoms with E-state index >= 15 is 0 Å². The Hall–Kier alpha value is -1.26. The molecule has 1 aromatic rings. The highest BCUT2D eigenvalue weighted by molar-refractivity contribution is 6.39. The van der Waals surface area contributed by atoms with Crippen molar-refractivity contribution in [3.8, 4) is 0 Å². The summed E-state index contributed by atoms with van der Waals surface area (Å²) >= 11 is 12.2. The second-order valence-electron chi connectivity index (χ2n) is 3.93. The number of nitrogens with zero attached hydrogens (tertiary/aromatic N) is 1. The summed E-state index contributed by atoms with van der Waals surface area (Å²) < 4.78 is 0. The number of amides is 2. The summed E-state index contributed by atoms with van der Waals surface area (Å²) in [5.41, 5.74) is 1.66. The molecule has 6 heteroatoms. The van der Waals surface area contributed by atoms with E-state index in [1.807, 2.05) is 32.9 Å². The fraction of sp³-hybridized carbons (Fsp3) is 0.429. The predicted molar refractivity (Wildman–Crippen MR) is 84.6 cm³/mol. The molecule has 1 aromatic carbocycles. The molecule has 0 aromatic heterocycles. The van der Waals surface area contributed by atoms with Gasteiger partial charge in [0.2, 0.25) is 12.3 Å². The standard InChI is InChI=1S/C12H14Cl2N2O2.C2H6/c1-8-5-9(13)12(10(14)6-8)16(2)4-3-11(18)15-7-17;1-2/h5-7H,3-4H2,1-2H3,(H,15,17,18);1-2H3. The SMILES string of the molecule is CC.Cc1cc(Cl)c(N(C)CCC(=O)NC=O)c(Cl)c1. The molecular weight excluding hydrogens is 299 g/mol. The van der Waals surface area contributed by atoms with E-state index in [9.17, 15) is 9.59 Å². The first-order valence-corrected chi connectivity index (χ1v) is 7.11. The van der Waals surface area contributed by atoms with Crippen LogP contribution in [0.15, 0.2) is 12.1 Å². The molecule has 20 heavy (non-hydrogen) atoms. The van der Waals surface area contributed by atoms with Gasteiger partial charge in [-0.3, -0.25) is 14.9 Å². The Bertz CT molecular complexity index is 441. The molecule has 0 radical (unpaired) electrons. The lowest BCUT2D eigenvalue weighted by Gasteiger charge is -2.21. The quantitative estimate of drug-likeness (QED) is 0.846. The maximum atomic E-state index is 11.2. The molecule has 4 nitrogen and oxygen atoms in total. The Morgan fingerprint density at radius 1 is 1.30 bits per heavy atom. The summed E-state index contributed by atoms with van der Waals surface area (Å²) in [6, 6.07) is 3.62. The first kappa shape index (κ1) is 18.7. The Balaban J connectivity index is 0.00000172. The highest BCUT2D eigenvalue weighted by Crippen LogP contribution is 2.34. The highest BCUT2D eigenvalue weighted by Gasteiger charge is 2.12. The van der Waals surface area contributed by atoms with Crippen molar-refractivity contribution in [3.63, 3.8) is 0 Å². The lowest BCUT2D eigenvalue weighted by Crippen LogP contribution is -2.28. The summed E-state index contributed by atoms with van der Waals surface area (Å²) in [5, 5.41) is 3.16. The molecule has 0 saturated carbocycles. The summed E-state index contributed by atoms with van der Waals surface area (Å²) in [4.78, 5) is 23.0. The number of carbonyl (C=O) groups is 2. The van der Waals surface area contributed by atoms with Crippen molar-refractivity contribution in [2.24, 2.45) is 0 Å². The lowest BCUT2D eigenvalue weighted by atomic mass is 10.2. The van der Waals surface area contributed by atoms with E-state index in [0.29, 0.717) is 28.7 Å². The largest absolute Gasteiger partial charge is 0.372 e. The van der Waals surface area contributed by atoms with Crippen LogP contribution in [0.2, 0.25) is 10.0 Å². The molecule has 0 heterocycles. The Morgan fingerprint density at radius 2 is 1.80 bits per heavy atom. The van der Waals surface area contributed by atoms with Crippen molar-refractivity contribution in [1.29, 1.82) is 0 Å². The molecule has 112 valence electrons. The molecular formula is C14H20Cl2N2O2. The fourth-order valence-corrected chi connectivity index (χ4v) is 2.46. The van der Waals surface area contributed by atoms with Gasteiger partial charge < -0.3 is 4.90 Å². The smallest absolute Gasteiger partial charge is 0.228 e.